The Bertz CT molecular complexity index is 504. The van der Waals surface area contributed by atoms with Gasteiger partial charge in [-0.25, -0.2) is 0 Å². The summed E-state index contributed by atoms with van der Waals surface area (Å²) in [6.45, 7) is 27.6. The van der Waals surface area contributed by atoms with Crippen LogP contribution in [0.5, 0.6) is 0 Å². The predicted octanol–water partition coefficient (Wildman–Crippen LogP) is 3.30. The molecule has 2 saturated heterocycles. The largest absolute Gasteiger partial charge is 0.308 e. The van der Waals surface area contributed by atoms with Gasteiger partial charge in [0.1, 0.15) is 0 Å². The molecule has 2 heterocycles. The minimum atomic E-state index is 0.269. The van der Waals surface area contributed by atoms with Crippen LogP contribution in [0, 0.1) is 0 Å². The number of likely N-dealkylation sites (N-methyl/N-ethyl adjacent to an activating group) is 1. The Morgan fingerprint density at radius 1 is 0.800 bits per heavy atom. The van der Waals surface area contributed by atoms with E-state index in [-0.39, 0.29) is 5.54 Å². The highest BCUT2D eigenvalue weighted by Crippen LogP contribution is 2.27. The van der Waals surface area contributed by atoms with Gasteiger partial charge < -0.3 is 4.90 Å². The Labute approximate surface area is 188 Å². The number of hydrogen-bond acceptors (Lipinski definition) is 5. The van der Waals surface area contributed by atoms with E-state index < -0.39 is 0 Å². The third-order valence-corrected chi connectivity index (χ3v) is 7.68. The summed E-state index contributed by atoms with van der Waals surface area (Å²) in [4.78, 5) is 13.3. The van der Waals surface area contributed by atoms with Crippen molar-refractivity contribution in [1.29, 1.82) is 0 Å². The van der Waals surface area contributed by atoms with E-state index in [1.165, 1.54) is 52.1 Å². The van der Waals surface area contributed by atoms with Gasteiger partial charge in [-0.3, -0.25) is 19.6 Å². The molecule has 0 aliphatic carbocycles. The average Bonchev–Trinajstić information content (AvgIpc) is 2.64. The molecular weight excluding hydrogens is 370 g/mol. The van der Waals surface area contributed by atoms with Gasteiger partial charge in [-0.2, -0.15) is 0 Å². The fourth-order valence-electron chi connectivity index (χ4n) is 5.84. The molecule has 0 N–H and O–H groups in total. The van der Waals surface area contributed by atoms with Crippen LogP contribution in [0.15, 0.2) is 0 Å². The molecule has 2 rings (SSSR count). The van der Waals surface area contributed by atoms with Crippen molar-refractivity contribution in [3.8, 4) is 0 Å². The molecule has 2 aliphatic rings. The molecule has 0 saturated carbocycles. The first-order chi connectivity index (χ1) is 13.9. The summed E-state index contributed by atoms with van der Waals surface area (Å²) in [5.74, 6) is 0. The van der Waals surface area contributed by atoms with Crippen LogP contribution < -0.4 is 0 Å². The lowest BCUT2D eigenvalue weighted by Gasteiger charge is -2.51. The molecule has 0 spiro atoms. The number of hydrogen-bond donors (Lipinski definition) is 0. The summed E-state index contributed by atoms with van der Waals surface area (Å²) < 4.78 is 0. The molecule has 3 unspecified atom stereocenters. The molecule has 0 bridgehead atoms. The van der Waals surface area contributed by atoms with Crippen molar-refractivity contribution in [3.63, 3.8) is 0 Å². The molecule has 0 aromatic rings. The number of rotatable bonds is 9. The molecule has 0 aromatic heterocycles. The summed E-state index contributed by atoms with van der Waals surface area (Å²) in [7, 11) is 4.42. The van der Waals surface area contributed by atoms with Crippen molar-refractivity contribution >= 4 is 0 Å². The maximum atomic E-state index is 2.78. The zero-order valence-electron chi connectivity index (χ0n) is 22.0. The second kappa shape index (κ2) is 11.1. The van der Waals surface area contributed by atoms with Gasteiger partial charge in [0.2, 0.25) is 0 Å². The molecule has 0 radical (unpaired) electrons. The van der Waals surface area contributed by atoms with Crippen LogP contribution in [-0.4, -0.2) is 120 Å². The van der Waals surface area contributed by atoms with Crippen LogP contribution in [0.1, 0.15) is 68.2 Å². The summed E-state index contributed by atoms with van der Waals surface area (Å²) >= 11 is 0. The highest BCUT2D eigenvalue weighted by atomic mass is 15.3. The van der Waals surface area contributed by atoms with Gasteiger partial charge in [0.15, 0.2) is 0 Å². The lowest BCUT2D eigenvalue weighted by molar-refractivity contribution is -0.0231. The molecule has 2 aliphatic heterocycles. The van der Waals surface area contributed by atoms with Crippen LogP contribution in [0.25, 0.3) is 0 Å². The zero-order chi connectivity index (χ0) is 22.6. The highest BCUT2D eigenvalue weighted by molar-refractivity contribution is 4.94. The first kappa shape index (κ1) is 26.1. The van der Waals surface area contributed by atoms with Crippen molar-refractivity contribution in [2.24, 2.45) is 0 Å². The molecule has 5 nitrogen and oxygen atoms in total. The smallest absolute Gasteiger partial charge is 0.0353 e. The van der Waals surface area contributed by atoms with E-state index in [1.807, 2.05) is 0 Å². The summed E-state index contributed by atoms with van der Waals surface area (Å²) in [6, 6.07) is 3.27. The first-order valence-corrected chi connectivity index (χ1v) is 12.6. The quantitative estimate of drug-likeness (QED) is 0.564. The van der Waals surface area contributed by atoms with Crippen LogP contribution >= 0.6 is 0 Å². The first-order valence-electron chi connectivity index (χ1n) is 12.6. The molecule has 3 atom stereocenters. The topological polar surface area (TPSA) is 16.2 Å². The second-order valence-electron chi connectivity index (χ2n) is 11.6. The summed E-state index contributed by atoms with van der Waals surface area (Å²) in [6.07, 6.45) is 2.60. The van der Waals surface area contributed by atoms with Crippen LogP contribution in [-0.2, 0) is 0 Å². The van der Waals surface area contributed by atoms with Gasteiger partial charge in [-0.1, -0.05) is 0 Å². The Morgan fingerprint density at radius 3 is 1.93 bits per heavy atom. The van der Waals surface area contributed by atoms with Crippen molar-refractivity contribution in [3.05, 3.63) is 0 Å². The van der Waals surface area contributed by atoms with Crippen molar-refractivity contribution in [2.45, 2.75) is 104 Å². The Balaban J connectivity index is 1.88. The number of nitrogens with zero attached hydrogens (tertiary/aromatic N) is 5. The zero-order valence-corrected chi connectivity index (χ0v) is 22.0. The monoisotopic (exact) mass is 423 g/mol. The molecule has 5 heteroatoms. The lowest BCUT2D eigenvalue weighted by atomic mass is 9.93. The molecule has 178 valence electrons. The van der Waals surface area contributed by atoms with Gasteiger partial charge in [-0.05, 0) is 82.3 Å². The average molecular weight is 424 g/mol. The highest BCUT2D eigenvalue weighted by Gasteiger charge is 2.37. The van der Waals surface area contributed by atoms with Crippen molar-refractivity contribution in [2.75, 3.05) is 59.9 Å². The SMILES string of the molecule is CC(C)N1CCN(C(C)CCC(C)N2CCN(C(C)C)C(CN(C)C)C2)C(C)(C)C1. The fourth-order valence-corrected chi connectivity index (χ4v) is 5.84. The van der Waals surface area contributed by atoms with Crippen molar-refractivity contribution < 1.29 is 0 Å². The number of piperazine rings is 2. The third kappa shape index (κ3) is 6.90. The minimum Gasteiger partial charge on any atom is -0.308 e. The Morgan fingerprint density at radius 2 is 1.40 bits per heavy atom. The van der Waals surface area contributed by atoms with E-state index >= 15 is 0 Å². The molecular formula is C25H53N5. The maximum Gasteiger partial charge on any atom is 0.0353 e. The van der Waals surface area contributed by atoms with Gasteiger partial charge in [0.25, 0.3) is 0 Å². The van der Waals surface area contributed by atoms with E-state index in [2.05, 4.69) is 94.0 Å². The second-order valence-corrected chi connectivity index (χ2v) is 11.6. The normalized spacial score (nSPS) is 27.3. The van der Waals surface area contributed by atoms with Gasteiger partial charge in [-0.15, -0.1) is 0 Å². The van der Waals surface area contributed by atoms with Crippen LogP contribution in [0.2, 0.25) is 0 Å². The van der Waals surface area contributed by atoms with E-state index in [1.54, 1.807) is 0 Å². The predicted molar refractivity (Wildman–Crippen MR) is 131 cm³/mol. The standard InChI is InChI=1S/C25H53N5/c1-20(2)28-14-16-30(25(7,8)19-28)23(6)12-11-22(5)27-13-15-29(21(3)4)24(18-27)17-26(9)10/h20-24H,11-19H2,1-10H3. The van der Waals surface area contributed by atoms with E-state index in [4.69, 9.17) is 0 Å². The Hall–Kier alpha value is -0.200. The van der Waals surface area contributed by atoms with Gasteiger partial charge >= 0.3 is 0 Å². The molecule has 2 fully saturated rings. The van der Waals surface area contributed by atoms with E-state index in [0.717, 1.165) is 6.54 Å². The van der Waals surface area contributed by atoms with E-state index in [9.17, 15) is 0 Å². The third-order valence-electron chi connectivity index (χ3n) is 7.68. The maximum absolute atomic E-state index is 2.78. The molecule has 0 aromatic carbocycles. The molecule has 30 heavy (non-hydrogen) atoms. The van der Waals surface area contributed by atoms with Gasteiger partial charge in [0, 0.05) is 81.6 Å². The van der Waals surface area contributed by atoms with Crippen molar-refractivity contribution in [1.82, 2.24) is 24.5 Å². The summed E-state index contributed by atoms with van der Waals surface area (Å²) in [5.41, 5.74) is 0.269. The minimum absolute atomic E-state index is 0.269. The van der Waals surface area contributed by atoms with Crippen LogP contribution in [0.4, 0.5) is 0 Å². The fraction of sp³-hybridized carbons (Fsp3) is 1.00. The lowest BCUT2D eigenvalue weighted by Crippen LogP contribution is -2.63. The van der Waals surface area contributed by atoms with Gasteiger partial charge in [0.05, 0.1) is 0 Å². The molecule has 0 amide bonds. The summed E-state index contributed by atoms with van der Waals surface area (Å²) in [5, 5.41) is 0. The van der Waals surface area contributed by atoms with Crippen LogP contribution in [0.3, 0.4) is 0 Å². The Kier molecular flexibility index (Phi) is 9.63. The van der Waals surface area contributed by atoms with E-state index in [0.29, 0.717) is 30.2 Å².